The minimum atomic E-state index is 0.145. The zero-order valence-corrected chi connectivity index (χ0v) is 11.2. The van der Waals surface area contributed by atoms with Crippen LogP contribution in [0, 0.1) is 0 Å². The summed E-state index contributed by atoms with van der Waals surface area (Å²) in [5, 5.41) is 17.0. The van der Waals surface area contributed by atoms with Crippen molar-refractivity contribution >= 4 is 0 Å². The van der Waals surface area contributed by atoms with Crippen LogP contribution in [0.15, 0.2) is 6.20 Å². The minimum Gasteiger partial charge on any atom is -0.394 e. The first-order valence-corrected chi connectivity index (χ1v) is 6.66. The van der Waals surface area contributed by atoms with E-state index in [1.807, 2.05) is 10.9 Å². The first kappa shape index (κ1) is 13.5. The van der Waals surface area contributed by atoms with E-state index in [4.69, 9.17) is 9.84 Å². The molecular weight excluding hydrogens is 230 g/mol. The molecule has 0 saturated carbocycles. The molecule has 2 atom stereocenters. The van der Waals surface area contributed by atoms with E-state index in [0.717, 1.165) is 19.4 Å². The SMILES string of the molecule is COCC(C)NC1CCCc2c1cnn2CCO. The Hall–Kier alpha value is -0.910. The van der Waals surface area contributed by atoms with E-state index in [0.29, 0.717) is 18.6 Å². The number of rotatable bonds is 6. The molecule has 1 heterocycles. The van der Waals surface area contributed by atoms with E-state index in [9.17, 15) is 0 Å². The van der Waals surface area contributed by atoms with E-state index in [1.54, 1.807) is 7.11 Å². The van der Waals surface area contributed by atoms with Crippen LogP contribution < -0.4 is 5.32 Å². The van der Waals surface area contributed by atoms with Gasteiger partial charge in [0, 0.05) is 30.5 Å². The summed E-state index contributed by atoms with van der Waals surface area (Å²) < 4.78 is 7.10. The van der Waals surface area contributed by atoms with E-state index in [-0.39, 0.29) is 6.61 Å². The van der Waals surface area contributed by atoms with Crippen LogP contribution in [-0.2, 0) is 17.7 Å². The molecule has 18 heavy (non-hydrogen) atoms. The second-order valence-electron chi connectivity index (χ2n) is 4.96. The molecule has 0 amide bonds. The van der Waals surface area contributed by atoms with Gasteiger partial charge in [-0.1, -0.05) is 0 Å². The van der Waals surface area contributed by atoms with Gasteiger partial charge in [0.05, 0.1) is 26.0 Å². The molecule has 0 bridgehead atoms. The molecule has 2 N–H and O–H groups in total. The van der Waals surface area contributed by atoms with Crippen molar-refractivity contribution < 1.29 is 9.84 Å². The van der Waals surface area contributed by atoms with Gasteiger partial charge in [-0.3, -0.25) is 4.68 Å². The number of aliphatic hydroxyl groups is 1. The highest BCUT2D eigenvalue weighted by Crippen LogP contribution is 2.29. The van der Waals surface area contributed by atoms with Crippen molar-refractivity contribution in [1.82, 2.24) is 15.1 Å². The Bertz CT molecular complexity index is 378. The summed E-state index contributed by atoms with van der Waals surface area (Å²) in [6.07, 6.45) is 5.32. The van der Waals surface area contributed by atoms with Crippen LogP contribution in [0.4, 0.5) is 0 Å². The zero-order valence-electron chi connectivity index (χ0n) is 11.2. The average molecular weight is 253 g/mol. The van der Waals surface area contributed by atoms with Gasteiger partial charge in [-0.05, 0) is 26.2 Å². The Kier molecular flexibility index (Phi) is 4.74. The third-order valence-corrected chi connectivity index (χ3v) is 3.48. The van der Waals surface area contributed by atoms with Gasteiger partial charge < -0.3 is 15.2 Å². The molecular formula is C13H23N3O2. The Balaban J connectivity index is 2.08. The van der Waals surface area contributed by atoms with Gasteiger partial charge in [-0.25, -0.2) is 0 Å². The number of ether oxygens (including phenoxy) is 1. The van der Waals surface area contributed by atoms with Gasteiger partial charge in [0.1, 0.15) is 0 Å². The van der Waals surface area contributed by atoms with Crippen LogP contribution in [0.3, 0.4) is 0 Å². The highest BCUT2D eigenvalue weighted by molar-refractivity contribution is 5.25. The summed E-state index contributed by atoms with van der Waals surface area (Å²) in [5.74, 6) is 0. The molecule has 0 radical (unpaired) electrons. The minimum absolute atomic E-state index is 0.145. The first-order valence-electron chi connectivity index (χ1n) is 6.66. The summed E-state index contributed by atoms with van der Waals surface area (Å²) in [7, 11) is 1.73. The fourth-order valence-electron chi connectivity index (χ4n) is 2.72. The van der Waals surface area contributed by atoms with Crippen molar-refractivity contribution in [3.8, 4) is 0 Å². The molecule has 0 aliphatic heterocycles. The standard InChI is InChI=1S/C13H23N3O2/c1-10(9-18-2)15-12-4-3-5-13-11(12)8-14-16(13)6-7-17/h8,10,12,15,17H,3-7,9H2,1-2H3. The third-order valence-electron chi connectivity index (χ3n) is 3.48. The molecule has 5 heteroatoms. The van der Waals surface area contributed by atoms with Crippen LogP contribution >= 0.6 is 0 Å². The highest BCUT2D eigenvalue weighted by atomic mass is 16.5. The maximum atomic E-state index is 9.03. The van der Waals surface area contributed by atoms with Gasteiger partial charge in [0.15, 0.2) is 0 Å². The number of hydrogen-bond acceptors (Lipinski definition) is 4. The Morgan fingerprint density at radius 3 is 3.22 bits per heavy atom. The predicted octanol–water partition coefficient (Wildman–Crippen LogP) is 0.877. The molecule has 1 aromatic rings. The van der Waals surface area contributed by atoms with Gasteiger partial charge in [0.25, 0.3) is 0 Å². The normalized spacial score (nSPS) is 20.7. The van der Waals surface area contributed by atoms with Crippen LogP contribution in [-0.4, -0.2) is 41.3 Å². The van der Waals surface area contributed by atoms with Crippen molar-refractivity contribution in [1.29, 1.82) is 0 Å². The van der Waals surface area contributed by atoms with Gasteiger partial charge >= 0.3 is 0 Å². The number of nitrogens with zero attached hydrogens (tertiary/aromatic N) is 2. The van der Waals surface area contributed by atoms with E-state index >= 15 is 0 Å². The van der Waals surface area contributed by atoms with Crippen LogP contribution in [0.2, 0.25) is 0 Å². The van der Waals surface area contributed by atoms with Crippen molar-refractivity contribution in [2.45, 2.75) is 44.8 Å². The fourth-order valence-corrected chi connectivity index (χ4v) is 2.72. The summed E-state index contributed by atoms with van der Waals surface area (Å²) in [5.41, 5.74) is 2.56. The maximum absolute atomic E-state index is 9.03. The number of nitrogens with one attached hydrogen (secondary N) is 1. The second kappa shape index (κ2) is 6.31. The second-order valence-corrected chi connectivity index (χ2v) is 4.96. The Morgan fingerprint density at radius 1 is 1.67 bits per heavy atom. The summed E-state index contributed by atoms with van der Waals surface area (Å²) >= 11 is 0. The number of hydrogen-bond donors (Lipinski definition) is 2. The first-order chi connectivity index (χ1) is 8.76. The molecule has 0 fully saturated rings. The molecule has 2 unspecified atom stereocenters. The lowest BCUT2D eigenvalue weighted by Crippen LogP contribution is -2.35. The molecule has 5 nitrogen and oxygen atoms in total. The predicted molar refractivity (Wildman–Crippen MR) is 69.5 cm³/mol. The monoisotopic (exact) mass is 253 g/mol. The van der Waals surface area contributed by atoms with Gasteiger partial charge in [-0.2, -0.15) is 5.10 Å². The number of aliphatic hydroxyl groups excluding tert-OH is 1. The van der Waals surface area contributed by atoms with E-state index in [2.05, 4.69) is 17.3 Å². The van der Waals surface area contributed by atoms with Crippen LogP contribution in [0.1, 0.15) is 37.1 Å². The molecule has 0 saturated heterocycles. The summed E-state index contributed by atoms with van der Waals surface area (Å²) in [4.78, 5) is 0. The van der Waals surface area contributed by atoms with Crippen molar-refractivity contribution in [2.75, 3.05) is 20.3 Å². The lowest BCUT2D eigenvalue weighted by Gasteiger charge is -2.27. The smallest absolute Gasteiger partial charge is 0.0644 e. The highest BCUT2D eigenvalue weighted by Gasteiger charge is 2.24. The van der Waals surface area contributed by atoms with Crippen LogP contribution in [0.5, 0.6) is 0 Å². The average Bonchev–Trinajstić information content (AvgIpc) is 2.75. The van der Waals surface area contributed by atoms with E-state index < -0.39 is 0 Å². The van der Waals surface area contributed by atoms with Crippen LogP contribution in [0.25, 0.3) is 0 Å². The van der Waals surface area contributed by atoms with E-state index in [1.165, 1.54) is 17.7 Å². The zero-order chi connectivity index (χ0) is 13.0. The quantitative estimate of drug-likeness (QED) is 0.790. The molecule has 2 rings (SSSR count). The molecule has 0 aromatic carbocycles. The summed E-state index contributed by atoms with van der Waals surface area (Å²) in [6, 6.07) is 0.707. The molecule has 102 valence electrons. The lowest BCUT2D eigenvalue weighted by molar-refractivity contribution is 0.164. The van der Waals surface area contributed by atoms with Gasteiger partial charge in [-0.15, -0.1) is 0 Å². The molecule has 1 aliphatic carbocycles. The largest absolute Gasteiger partial charge is 0.394 e. The van der Waals surface area contributed by atoms with Crippen molar-refractivity contribution in [2.24, 2.45) is 0 Å². The van der Waals surface area contributed by atoms with Gasteiger partial charge in [0.2, 0.25) is 0 Å². The maximum Gasteiger partial charge on any atom is 0.0644 e. The molecule has 1 aromatic heterocycles. The molecule has 0 spiro atoms. The summed E-state index contributed by atoms with van der Waals surface area (Å²) in [6.45, 7) is 3.59. The van der Waals surface area contributed by atoms with Crippen molar-refractivity contribution in [3.05, 3.63) is 17.5 Å². The lowest BCUT2D eigenvalue weighted by atomic mass is 9.92. The van der Waals surface area contributed by atoms with Crippen molar-refractivity contribution in [3.63, 3.8) is 0 Å². The number of aromatic nitrogens is 2. The molecule has 1 aliphatic rings. The number of methoxy groups -OCH3 is 1. The Morgan fingerprint density at radius 2 is 2.50 bits per heavy atom. The number of fused-ring (bicyclic) bond motifs is 1. The topological polar surface area (TPSA) is 59.3 Å². The third kappa shape index (κ3) is 2.91. The fraction of sp³-hybridized carbons (Fsp3) is 0.769. The Labute approximate surface area is 108 Å².